The molecular weight excluding hydrogens is 304 g/mol. The highest BCUT2D eigenvalue weighted by molar-refractivity contribution is 6.30. The fourth-order valence-corrected chi connectivity index (χ4v) is 2.79. The van der Waals surface area contributed by atoms with Crippen molar-refractivity contribution < 1.29 is 9.53 Å². The Morgan fingerprint density at radius 1 is 1.32 bits per heavy atom. The second-order valence-electron chi connectivity index (χ2n) is 5.32. The first-order valence-corrected chi connectivity index (χ1v) is 7.67. The summed E-state index contributed by atoms with van der Waals surface area (Å²) in [5, 5.41) is 11.1. The summed E-state index contributed by atoms with van der Waals surface area (Å²) in [5.41, 5.74) is 0.700. The van der Waals surface area contributed by atoms with Gasteiger partial charge in [-0.15, -0.1) is 10.2 Å². The highest BCUT2D eigenvalue weighted by Crippen LogP contribution is 2.26. The number of carbonyl (C=O) groups excluding carboxylic acids is 1. The van der Waals surface area contributed by atoms with E-state index < -0.39 is 0 Å². The van der Waals surface area contributed by atoms with Crippen molar-refractivity contribution in [3.8, 4) is 11.4 Å². The van der Waals surface area contributed by atoms with Gasteiger partial charge in [-0.25, -0.2) is 0 Å². The van der Waals surface area contributed by atoms with Gasteiger partial charge in [0.1, 0.15) is 18.4 Å². The number of nitrogens with one attached hydrogen (secondary N) is 1. The molecule has 0 bridgehead atoms. The molecule has 1 aromatic carbocycles. The Labute approximate surface area is 133 Å². The second kappa shape index (κ2) is 6.79. The zero-order valence-electron chi connectivity index (χ0n) is 12.0. The number of amides is 1. The fraction of sp³-hybridized carbons (Fsp3) is 0.400. The Morgan fingerprint density at radius 3 is 2.77 bits per heavy atom. The zero-order chi connectivity index (χ0) is 15.4. The van der Waals surface area contributed by atoms with Crippen LogP contribution in [0.2, 0.25) is 5.02 Å². The summed E-state index contributed by atoms with van der Waals surface area (Å²) in [5.74, 6) is 0.460. The molecule has 116 valence electrons. The van der Waals surface area contributed by atoms with Crippen molar-refractivity contribution in [3.05, 3.63) is 35.9 Å². The fourth-order valence-electron chi connectivity index (χ4n) is 2.62. The average molecular weight is 321 g/mol. The van der Waals surface area contributed by atoms with Gasteiger partial charge in [-0.2, -0.15) is 0 Å². The SMILES string of the molecule is O=C(COc1ccc(Cl)cc1-n1cnnc1)NC1CCCC1. The number of hydrogen-bond acceptors (Lipinski definition) is 4. The molecule has 1 saturated carbocycles. The van der Waals surface area contributed by atoms with E-state index >= 15 is 0 Å². The van der Waals surface area contributed by atoms with Gasteiger partial charge in [-0.3, -0.25) is 9.36 Å². The largest absolute Gasteiger partial charge is 0.482 e. The zero-order valence-corrected chi connectivity index (χ0v) is 12.8. The lowest BCUT2D eigenvalue weighted by molar-refractivity contribution is -0.123. The Hall–Kier alpha value is -2.08. The Bertz CT molecular complexity index is 639. The van der Waals surface area contributed by atoms with E-state index in [1.54, 1.807) is 35.4 Å². The van der Waals surface area contributed by atoms with Crippen molar-refractivity contribution >= 4 is 17.5 Å². The van der Waals surface area contributed by atoms with Crippen molar-refractivity contribution in [2.24, 2.45) is 0 Å². The van der Waals surface area contributed by atoms with Gasteiger partial charge in [-0.1, -0.05) is 24.4 Å². The van der Waals surface area contributed by atoms with Crippen LogP contribution in [0.5, 0.6) is 5.75 Å². The molecule has 0 saturated heterocycles. The van der Waals surface area contributed by atoms with Crippen molar-refractivity contribution in [1.82, 2.24) is 20.1 Å². The molecule has 22 heavy (non-hydrogen) atoms. The molecule has 1 aromatic heterocycles. The normalized spacial score (nSPS) is 15.0. The van der Waals surface area contributed by atoms with E-state index in [4.69, 9.17) is 16.3 Å². The number of nitrogens with zero attached hydrogens (tertiary/aromatic N) is 3. The Morgan fingerprint density at radius 2 is 2.05 bits per heavy atom. The topological polar surface area (TPSA) is 69.0 Å². The quantitative estimate of drug-likeness (QED) is 0.918. The van der Waals surface area contributed by atoms with Crippen LogP contribution in [0.15, 0.2) is 30.9 Å². The molecule has 1 amide bonds. The highest BCUT2D eigenvalue weighted by atomic mass is 35.5. The number of ether oxygens (including phenoxy) is 1. The van der Waals surface area contributed by atoms with E-state index in [1.165, 1.54) is 12.8 Å². The first-order valence-electron chi connectivity index (χ1n) is 7.29. The van der Waals surface area contributed by atoms with Crippen LogP contribution < -0.4 is 10.1 Å². The van der Waals surface area contributed by atoms with Crippen LogP contribution in [0.3, 0.4) is 0 Å². The van der Waals surface area contributed by atoms with Crippen LogP contribution in [0, 0.1) is 0 Å². The van der Waals surface area contributed by atoms with Crippen LogP contribution in [0.1, 0.15) is 25.7 Å². The van der Waals surface area contributed by atoms with Gasteiger partial charge in [0.25, 0.3) is 5.91 Å². The van der Waals surface area contributed by atoms with Crippen molar-refractivity contribution in [1.29, 1.82) is 0 Å². The molecule has 1 aliphatic carbocycles. The highest BCUT2D eigenvalue weighted by Gasteiger charge is 2.17. The van der Waals surface area contributed by atoms with E-state index in [1.807, 2.05) is 0 Å². The van der Waals surface area contributed by atoms with Crippen LogP contribution in [0.25, 0.3) is 5.69 Å². The van der Waals surface area contributed by atoms with E-state index in [0.717, 1.165) is 12.8 Å². The minimum Gasteiger partial charge on any atom is -0.482 e. The Balaban J connectivity index is 1.66. The predicted molar refractivity (Wildman–Crippen MR) is 82.3 cm³/mol. The van der Waals surface area contributed by atoms with Crippen molar-refractivity contribution in [3.63, 3.8) is 0 Å². The molecule has 0 radical (unpaired) electrons. The summed E-state index contributed by atoms with van der Waals surface area (Å²) in [7, 11) is 0. The van der Waals surface area contributed by atoms with Crippen LogP contribution in [-0.2, 0) is 4.79 Å². The molecule has 1 aliphatic rings. The van der Waals surface area contributed by atoms with E-state index in [0.29, 0.717) is 22.5 Å². The van der Waals surface area contributed by atoms with Gasteiger partial charge < -0.3 is 10.1 Å². The minimum atomic E-state index is -0.100. The molecule has 1 N–H and O–H groups in total. The van der Waals surface area contributed by atoms with Crippen LogP contribution in [0.4, 0.5) is 0 Å². The maximum absolute atomic E-state index is 11.9. The predicted octanol–water partition coefficient (Wildman–Crippen LogP) is 2.36. The van der Waals surface area contributed by atoms with E-state index in [-0.39, 0.29) is 12.5 Å². The molecule has 2 aromatic rings. The lowest BCUT2D eigenvalue weighted by Gasteiger charge is -2.14. The maximum Gasteiger partial charge on any atom is 0.258 e. The standard InChI is InChI=1S/C15H17ClN4O2/c16-11-5-6-14(13(7-11)20-9-17-18-10-20)22-8-15(21)19-12-3-1-2-4-12/h5-7,9-10,12H,1-4,8H2,(H,19,21). The lowest BCUT2D eigenvalue weighted by atomic mass is 10.2. The van der Waals surface area contributed by atoms with Crippen molar-refractivity contribution in [2.75, 3.05) is 6.61 Å². The maximum atomic E-state index is 11.9. The third-order valence-electron chi connectivity index (χ3n) is 3.70. The molecule has 1 fully saturated rings. The molecule has 3 rings (SSSR count). The summed E-state index contributed by atoms with van der Waals surface area (Å²) >= 11 is 6.02. The number of halogens is 1. The monoisotopic (exact) mass is 320 g/mol. The summed E-state index contributed by atoms with van der Waals surface area (Å²) < 4.78 is 7.33. The number of carbonyl (C=O) groups is 1. The molecule has 0 atom stereocenters. The smallest absolute Gasteiger partial charge is 0.258 e. The molecule has 6 nitrogen and oxygen atoms in total. The second-order valence-corrected chi connectivity index (χ2v) is 5.76. The van der Waals surface area contributed by atoms with Gasteiger partial charge in [0.15, 0.2) is 6.61 Å². The molecule has 0 spiro atoms. The third-order valence-corrected chi connectivity index (χ3v) is 3.93. The molecule has 1 heterocycles. The van der Waals surface area contributed by atoms with Gasteiger partial charge in [0.2, 0.25) is 0 Å². The number of hydrogen-bond donors (Lipinski definition) is 1. The number of benzene rings is 1. The molecule has 0 unspecified atom stereocenters. The number of rotatable bonds is 5. The molecule has 0 aliphatic heterocycles. The van der Waals surface area contributed by atoms with Gasteiger partial charge >= 0.3 is 0 Å². The van der Waals surface area contributed by atoms with Gasteiger partial charge in [0, 0.05) is 11.1 Å². The van der Waals surface area contributed by atoms with Crippen LogP contribution in [-0.4, -0.2) is 33.3 Å². The van der Waals surface area contributed by atoms with Crippen molar-refractivity contribution in [2.45, 2.75) is 31.7 Å². The third kappa shape index (κ3) is 3.57. The Kier molecular flexibility index (Phi) is 4.58. The lowest BCUT2D eigenvalue weighted by Crippen LogP contribution is -2.36. The van der Waals surface area contributed by atoms with E-state index in [9.17, 15) is 4.79 Å². The average Bonchev–Trinajstić information content (AvgIpc) is 3.19. The van der Waals surface area contributed by atoms with Gasteiger partial charge in [0.05, 0.1) is 5.69 Å². The number of aromatic nitrogens is 3. The first-order chi connectivity index (χ1) is 10.7. The summed E-state index contributed by atoms with van der Waals surface area (Å²) in [4.78, 5) is 11.9. The van der Waals surface area contributed by atoms with E-state index in [2.05, 4.69) is 15.5 Å². The minimum absolute atomic E-state index is 0.0206. The summed E-state index contributed by atoms with van der Waals surface area (Å²) in [6.07, 6.45) is 7.58. The molecular formula is C15H17ClN4O2. The first kappa shape index (κ1) is 14.8. The summed E-state index contributed by atoms with van der Waals surface area (Å²) in [6, 6.07) is 5.49. The van der Waals surface area contributed by atoms with Crippen LogP contribution >= 0.6 is 11.6 Å². The van der Waals surface area contributed by atoms with Gasteiger partial charge in [-0.05, 0) is 31.0 Å². The molecule has 7 heteroatoms. The summed E-state index contributed by atoms with van der Waals surface area (Å²) in [6.45, 7) is -0.0206.